The Kier molecular flexibility index (Phi) is 6.27. The third-order valence-electron chi connectivity index (χ3n) is 4.94. The highest BCUT2D eigenvalue weighted by atomic mass is 32.2. The molecule has 5 nitrogen and oxygen atoms in total. The molecule has 6 heteroatoms. The molecule has 2 N–H and O–H groups in total. The summed E-state index contributed by atoms with van der Waals surface area (Å²) in [7, 11) is -3.34. The van der Waals surface area contributed by atoms with Crippen LogP contribution in [0, 0.1) is 12.8 Å². The Hall–Kier alpha value is -1.40. The molecule has 1 aromatic carbocycles. The zero-order chi connectivity index (χ0) is 18.7. The summed E-state index contributed by atoms with van der Waals surface area (Å²) in [4.78, 5) is 12.4. The predicted molar refractivity (Wildman–Crippen MR) is 101 cm³/mol. The predicted octanol–water partition coefficient (Wildman–Crippen LogP) is 2.89. The molecule has 2 rings (SSSR count). The fraction of sp³-hybridized carbons (Fsp3) is 0.632. The van der Waals surface area contributed by atoms with Crippen molar-refractivity contribution in [2.45, 2.75) is 70.7 Å². The molecule has 0 saturated heterocycles. The number of hydrogen-bond donors (Lipinski definition) is 2. The van der Waals surface area contributed by atoms with Crippen LogP contribution >= 0.6 is 0 Å². The molecule has 25 heavy (non-hydrogen) atoms. The lowest BCUT2D eigenvalue weighted by Crippen LogP contribution is -2.46. The molecule has 0 bridgehead atoms. The molecule has 1 aromatic rings. The topological polar surface area (TPSA) is 75.3 Å². The number of hydrogen-bond acceptors (Lipinski definition) is 3. The van der Waals surface area contributed by atoms with E-state index in [0.717, 1.165) is 18.4 Å². The number of amides is 1. The Balaban J connectivity index is 1.82. The molecule has 1 saturated carbocycles. The minimum atomic E-state index is -3.34. The first-order valence-electron chi connectivity index (χ1n) is 8.94. The number of carbonyl (C=O) groups excluding carboxylic acids is 1. The van der Waals surface area contributed by atoms with Crippen LogP contribution in [0.5, 0.6) is 0 Å². The molecule has 140 valence electrons. The first-order valence-corrected chi connectivity index (χ1v) is 10.4. The second-order valence-corrected chi connectivity index (χ2v) is 10.4. The standard InChI is InChI=1S/C19H30N2O3S/c1-14-7-5-6-8-16(14)13-20-18(22)15-9-11-17(12-10-15)21-25(23,24)19(2,3)4/h5-8,15,17,21H,9-13H2,1-4H3,(H,20,22). The molecular formula is C19H30N2O3S. The van der Waals surface area contributed by atoms with Crippen LogP contribution in [0.3, 0.4) is 0 Å². The van der Waals surface area contributed by atoms with Crippen molar-refractivity contribution < 1.29 is 13.2 Å². The van der Waals surface area contributed by atoms with Gasteiger partial charge in [-0.05, 0) is 64.5 Å². The Morgan fingerprint density at radius 1 is 1.12 bits per heavy atom. The van der Waals surface area contributed by atoms with Gasteiger partial charge in [0.25, 0.3) is 0 Å². The van der Waals surface area contributed by atoms with Gasteiger partial charge in [0.2, 0.25) is 15.9 Å². The fourth-order valence-electron chi connectivity index (χ4n) is 3.00. The molecule has 0 atom stereocenters. The van der Waals surface area contributed by atoms with E-state index in [9.17, 15) is 13.2 Å². The van der Waals surface area contributed by atoms with Crippen molar-refractivity contribution in [1.82, 2.24) is 10.0 Å². The molecule has 0 heterocycles. The zero-order valence-corrected chi connectivity index (χ0v) is 16.4. The van der Waals surface area contributed by atoms with E-state index in [2.05, 4.69) is 10.0 Å². The summed E-state index contributed by atoms with van der Waals surface area (Å²) in [5.41, 5.74) is 2.30. The van der Waals surface area contributed by atoms with Crippen LogP contribution in [0.15, 0.2) is 24.3 Å². The summed E-state index contributed by atoms with van der Waals surface area (Å²) in [6.45, 7) is 7.66. The molecule has 0 radical (unpaired) electrons. The van der Waals surface area contributed by atoms with Crippen LogP contribution in [-0.4, -0.2) is 25.1 Å². The highest BCUT2D eigenvalue weighted by Gasteiger charge is 2.33. The number of aryl methyl sites for hydroxylation is 1. The van der Waals surface area contributed by atoms with E-state index in [0.29, 0.717) is 19.4 Å². The lowest BCUT2D eigenvalue weighted by Gasteiger charge is -2.30. The van der Waals surface area contributed by atoms with E-state index in [4.69, 9.17) is 0 Å². The fourth-order valence-corrected chi connectivity index (χ4v) is 4.03. The summed E-state index contributed by atoms with van der Waals surface area (Å²) in [5.74, 6) is 0.0415. The van der Waals surface area contributed by atoms with Gasteiger partial charge in [-0.3, -0.25) is 4.79 Å². The molecule has 0 aliphatic heterocycles. The molecule has 1 amide bonds. The van der Waals surface area contributed by atoms with Gasteiger partial charge in [-0.2, -0.15) is 0 Å². The smallest absolute Gasteiger partial charge is 0.223 e. The van der Waals surface area contributed by atoms with Crippen LogP contribution in [0.2, 0.25) is 0 Å². The van der Waals surface area contributed by atoms with Gasteiger partial charge in [0.05, 0.1) is 4.75 Å². The third kappa shape index (κ3) is 5.28. The summed E-state index contributed by atoms with van der Waals surface area (Å²) in [5, 5.41) is 3.02. The molecule has 0 unspecified atom stereocenters. The second-order valence-electron chi connectivity index (χ2n) is 7.93. The van der Waals surface area contributed by atoms with Gasteiger partial charge in [0, 0.05) is 18.5 Å². The van der Waals surface area contributed by atoms with Gasteiger partial charge < -0.3 is 5.32 Å². The quantitative estimate of drug-likeness (QED) is 0.841. The molecule has 0 aromatic heterocycles. The number of sulfonamides is 1. The van der Waals surface area contributed by atoms with Crippen LogP contribution in [0.4, 0.5) is 0 Å². The highest BCUT2D eigenvalue weighted by molar-refractivity contribution is 7.90. The lowest BCUT2D eigenvalue weighted by molar-refractivity contribution is -0.126. The normalized spacial score (nSPS) is 21.8. The van der Waals surface area contributed by atoms with E-state index >= 15 is 0 Å². The third-order valence-corrected chi connectivity index (χ3v) is 7.20. The molecule has 1 aliphatic carbocycles. The van der Waals surface area contributed by atoms with Crippen LogP contribution in [0.25, 0.3) is 0 Å². The minimum absolute atomic E-state index is 0.0283. The summed E-state index contributed by atoms with van der Waals surface area (Å²) in [6, 6.07) is 7.95. The second kappa shape index (κ2) is 7.87. The Labute approximate surface area is 151 Å². The van der Waals surface area contributed by atoms with Gasteiger partial charge in [0.15, 0.2) is 0 Å². The maximum atomic E-state index is 12.4. The van der Waals surface area contributed by atoms with E-state index in [1.165, 1.54) is 5.56 Å². The van der Waals surface area contributed by atoms with E-state index < -0.39 is 14.8 Å². The van der Waals surface area contributed by atoms with Crippen LogP contribution in [0.1, 0.15) is 57.6 Å². The highest BCUT2D eigenvalue weighted by Crippen LogP contribution is 2.26. The maximum Gasteiger partial charge on any atom is 0.223 e. The zero-order valence-electron chi connectivity index (χ0n) is 15.6. The molecule has 1 aliphatic rings. The van der Waals surface area contributed by atoms with Gasteiger partial charge in [-0.25, -0.2) is 13.1 Å². The number of nitrogens with one attached hydrogen (secondary N) is 2. The van der Waals surface area contributed by atoms with Crippen LogP contribution in [-0.2, 0) is 21.4 Å². The molecule has 0 spiro atoms. The van der Waals surface area contributed by atoms with Crippen molar-refractivity contribution in [3.63, 3.8) is 0 Å². The average molecular weight is 367 g/mol. The summed E-state index contributed by atoms with van der Waals surface area (Å²) >= 11 is 0. The van der Waals surface area contributed by atoms with Gasteiger partial charge in [-0.1, -0.05) is 24.3 Å². The van der Waals surface area contributed by atoms with Gasteiger partial charge >= 0.3 is 0 Å². The van der Waals surface area contributed by atoms with E-state index in [1.807, 2.05) is 31.2 Å². The van der Waals surface area contributed by atoms with E-state index in [1.54, 1.807) is 20.8 Å². The Morgan fingerprint density at radius 3 is 2.28 bits per heavy atom. The van der Waals surface area contributed by atoms with Crippen molar-refractivity contribution in [3.8, 4) is 0 Å². The minimum Gasteiger partial charge on any atom is -0.352 e. The van der Waals surface area contributed by atoms with Crippen molar-refractivity contribution in [2.24, 2.45) is 5.92 Å². The summed E-state index contributed by atoms with van der Waals surface area (Å²) in [6.07, 6.45) is 2.85. The van der Waals surface area contributed by atoms with Gasteiger partial charge in [-0.15, -0.1) is 0 Å². The monoisotopic (exact) mass is 366 g/mol. The van der Waals surface area contributed by atoms with E-state index in [-0.39, 0.29) is 17.9 Å². The van der Waals surface area contributed by atoms with Crippen LogP contribution < -0.4 is 10.0 Å². The van der Waals surface area contributed by atoms with Crippen molar-refractivity contribution in [3.05, 3.63) is 35.4 Å². The van der Waals surface area contributed by atoms with Crippen molar-refractivity contribution >= 4 is 15.9 Å². The molecule has 1 fully saturated rings. The number of rotatable bonds is 5. The Morgan fingerprint density at radius 2 is 1.72 bits per heavy atom. The van der Waals surface area contributed by atoms with Crippen molar-refractivity contribution in [2.75, 3.05) is 0 Å². The van der Waals surface area contributed by atoms with Crippen molar-refractivity contribution in [1.29, 1.82) is 0 Å². The maximum absolute atomic E-state index is 12.4. The van der Waals surface area contributed by atoms with Gasteiger partial charge in [0.1, 0.15) is 0 Å². The Bertz CT molecular complexity index is 700. The first-order chi connectivity index (χ1) is 11.6. The summed E-state index contributed by atoms with van der Waals surface area (Å²) < 4.78 is 26.5. The largest absolute Gasteiger partial charge is 0.352 e. The SMILES string of the molecule is Cc1ccccc1CNC(=O)C1CCC(NS(=O)(=O)C(C)(C)C)CC1. The number of benzene rings is 1. The number of carbonyl (C=O) groups is 1. The first kappa shape index (κ1) is 19.9. The molecular weight excluding hydrogens is 336 g/mol. The lowest BCUT2D eigenvalue weighted by atomic mass is 9.86. The average Bonchev–Trinajstić information content (AvgIpc) is 2.53.